The van der Waals surface area contributed by atoms with E-state index in [0.29, 0.717) is 4.99 Å². The van der Waals surface area contributed by atoms with Crippen LogP contribution in [0.2, 0.25) is 0 Å². The highest BCUT2D eigenvalue weighted by Gasteiger charge is 2.20. The summed E-state index contributed by atoms with van der Waals surface area (Å²) >= 11 is 5.14. The lowest BCUT2D eigenvalue weighted by atomic mass is 9.85. The maximum Gasteiger partial charge on any atom is 0.106 e. The first-order valence-corrected chi connectivity index (χ1v) is 6.60. The largest absolute Gasteiger partial charge is 0.389 e. The number of anilines is 1. The van der Waals surface area contributed by atoms with Gasteiger partial charge in [-0.3, -0.25) is 0 Å². The molecule has 92 valence electrons. The van der Waals surface area contributed by atoms with Gasteiger partial charge in [-0.05, 0) is 37.8 Å². The van der Waals surface area contributed by atoms with Crippen molar-refractivity contribution in [3.05, 3.63) is 29.3 Å². The Labute approximate surface area is 109 Å². The van der Waals surface area contributed by atoms with E-state index in [1.807, 2.05) is 0 Å². The molecule has 1 aromatic carbocycles. The van der Waals surface area contributed by atoms with Crippen LogP contribution in [0.25, 0.3) is 0 Å². The van der Waals surface area contributed by atoms with Crippen molar-refractivity contribution in [1.29, 1.82) is 0 Å². The third-order valence-electron chi connectivity index (χ3n) is 3.59. The van der Waals surface area contributed by atoms with Crippen LogP contribution in [0.1, 0.15) is 30.4 Å². The van der Waals surface area contributed by atoms with Crippen molar-refractivity contribution in [1.82, 2.24) is 0 Å². The molecule has 1 aliphatic carbocycles. The molecular weight excluding hydrogens is 228 g/mol. The van der Waals surface area contributed by atoms with Crippen molar-refractivity contribution < 1.29 is 0 Å². The summed E-state index contributed by atoms with van der Waals surface area (Å²) in [5.41, 5.74) is 9.17. The summed E-state index contributed by atoms with van der Waals surface area (Å²) in [5.74, 6) is 0.848. The molecule has 1 fully saturated rings. The van der Waals surface area contributed by atoms with Gasteiger partial charge in [0.15, 0.2) is 0 Å². The molecule has 0 heterocycles. The van der Waals surface area contributed by atoms with Crippen LogP contribution < -0.4 is 10.6 Å². The van der Waals surface area contributed by atoms with Gasteiger partial charge in [0, 0.05) is 24.8 Å². The van der Waals surface area contributed by atoms with Gasteiger partial charge in [-0.1, -0.05) is 30.3 Å². The Hall–Kier alpha value is -1.09. The SMILES string of the molecule is Cc1ccc(N(C)CC2CCC2)c(C(N)=S)c1. The zero-order valence-corrected chi connectivity index (χ0v) is 11.4. The van der Waals surface area contributed by atoms with E-state index in [2.05, 4.69) is 37.1 Å². The molecule has 0 spiro atoms. The number of aryl methyl sites for hydroxylation is 1. The number of nitrogens with two attached hydrogens (primary N) is 1. The average Bonchev–Trinajstić information content (AvgIpc) is 2.23. The zero-order chi connectivity index (χ0) is 12.4. The Kier molecular flexibility index (Phi) is 3.67. The van der Waals surface area contributed by atoms with Gasteiger partial charge in [-0.2, -0.15) is 0 Å². The normalized spacial score (nSPS) is 15.4. The Balaban J connectivity index is 2.20. The van der Waals surface area contributed by atoms with E-state index < -0.39 is 0 Å². The minimum absolute atomic E-state index is 0.490. The summed E-state index contributed by atoms with van der Waals surface area (Å²) in [4.78, 5) is 2.78. The molecule has 0 atom stereocenters. The number of hydrogen-bond donors (Lipinski definition) is 1. The standard InChI is InChI=1S/C14H20N2S/c1-10-6-7-13(12(8-10)14(15)17)16(2)9-11-4-3-5-11/h6-8,11H,3-5,9H2,1-2H3,(H2,15,17). The minimum Gasteiger partial charge on any atom is -0.389 e. The van der Waals surface area contributed by atoms with Crippen molar-refractivity contribution in [3.8, 4) is 0 Å². The van der Waals surface area contributed by atoms with Crippen LogP contribution in [0.3, 0.4) is 0 Å². The highest BCUT2D eigenvalue weighted by atomic mass is 32.1. The van der Waals surface area contributed by atoms with E-state index >= 15 is 0 Å². The fourth-order valence-electron chi connectivity index (χ4n) is 2.34. The Morgan fingerprint density at radius 2 is 2.18 bits per heavy atom. The molecule has 1 saturated carbocycles. The zero-order valence-electron chi connectivity index (χ0n) is 10.6. The molecule has 3 heteroatoms. The predicted molar refractivity (Wildman–Crippen MR) is 77.7 cm³/mol. The highest BCUT2D eigenvalue weighted by Crippen LogP contribution is 2.29. The second-order valence-electron chi connectivity index (χ2n) is 5.06. The summed E-state index contributed by atoms with van der Waals surface area (Å²) in [6, 6.07) is 6.33. The Morgan fingerprint density at radius 1 is 1.47 bits per heavy atom. The van der Waals surface area contributed by atoms with Gasteiger partial charge in [0.2, 0.25) is 0 Å². The molecule has 2 rings (SSSR count). The van der Waals surface area contributed by atoms with Gasteiger partial charge < -0.3 is 10.6 Å². The quantitative estimate of drug-likeness (QED) is 0.831. The molecule has 0 radical (unpaired) electrons. The molecule has 1 aromatic rings. The van der Waals surface area contributed by atoms with Crippen LogP contribution in [0.5, 0.6) is 0 Å². The monoisotopic (exact) mass is 248 g/mol. The summed E-state index contributed by atoms with van der Waals surface area (Å²) < 4.78 is 0. The van der Waals surface area contributed by atoms with Gasteiger partial charge in [0.25, 0.3) is 0 Å². The van der Waals surface area contributed by atoms with E-state index in [1.165, 1.54) is 24.8 Å². The van der Waals surface area contributed by atoms with E-state index in [4.69, 9.17) is 18.0 Å². The third kappa shape index (κ3) is 2.78. The fourth-order valence-corrected chi connectivity index (χ4v) is 2.50. The van der Waals surface area contributed by atoms with Crippen LogP contribution in [-0.4, -0.2) is 18.6 Å². The smallest absolute Gasteiger partial charge is 0.106 e. The summed E-state index contributed by atoms with van der Waals surface area (Å²) in [6.07, 6.45) is 4.10. The molecule has 2 N–H and O–H groups in total. The van der Waals surface area contributed by atoms with Crippen LogP contribution in [0.4, 0.5) is 5.69 Å². The summed E-state index contributed by atoms with van der Waals surface area (Å²) in [5, 5.41) is 0. The lowest BCUT2D eigenvalue weighted by Crippen LogP contribution is -2.30. The van der Waals surface area contributed by atoms with Crippen LogP contribution in [0, 0.1) is 12.8 Å². The number of hydrogen-bond acceptors (Lipinski definition) is 2. The maximum absolute atomic E-state index is 5.80. The second kappa shape index (κ2) is 5.05. The van der Waals surface area contributed by atoms with E-state index in [-0.39, 0.29) is 0 Å². The molecule has 2 nitrogen and oxygen atoms in total. The summed E-state index contributed by atoms with van der Waals surface area (Å²) in [7, 11) is 2.13. The van der Waals surface area contributed by atoms with Gasteiger partial charge in [-0.25, -0.2) is 0 Å². The Morgan fingerprint density at radius 3 is 2.71 bits per heavy atom. The van der Waals surface area contributed by atoms with E-state index in [1.54, 1.807) is 0 Å². The van der Waals surface area contributed by atoms with Crippen LogP contribution in [-0.2, 0) is 0 Å². The van der Waals surface area contributed by atoms with Crippen molar-refractivity contribution in [2.45, 2.75) is 26.2 Å². The van der Waals surface area contributed by atoms with Crippen LogP contribution in [0.15, 0.2) is 18.2 Å². The first kappa shape index (κ1) is 12.4. The van der Waals surface area contributed by atoms with Crippen molar-refractivity contribution in [3.63, 3.8) is 0 Å². The van der Waals surface area contributed by atoms with Crippen LogP contribution >= 0.6 is 12.2 Å². The number of thiocarbonyl (C=S) groups is 1. The first-order chi connectivity index (χ1) is 8.08. The lowest BCUT2D eigenvalue weighted by Gasteiger charge is -2.32. The molecule has 0 unspecified atom stereocenters. The first-order valence-electron chi connectivity index (χ1n) is 6.19. The molecular formula is C14H20N2S. The number of nitrogens with zero attached hydrogens (tertiary/aromatic N) is 1. The molecule has 0 aliphatic heterocycles. The molecule has 0 amide bonds. The van der Waals surface area contributed by atoms with Crippen molar-refractivity contribution >= 4 is 22.9 Å². The lowest BCUT2D eigenvalue weighted by molar-refractivity contribution is 0.321. The van der Waals surface area contributed by atoms with Crippen molar-refractivity contribution in [2.24, 2.45) is 11.7 Å². The van der Waals surface area contributed by atoms with Gasteiger partial charge in [-0.15, -0.1) is 0 Å². The topological polar surface area (TPSA) is 29.3 Å². The number of rotatable bonds is 4. The maximum atomic E-state index is 5.80. The number of benzene rings is 1. The molecule has 0 aromatic heterocycles. The van der Waals surface area contributed by atoms with Crippen molar-refractivity contribution in [2.75, 3.05) is 18.5 Å². The molecule has 17 heavy (non-hydrogen) atoms. The van der Waals surface area contributed by atoms with Gasteiger partial charge in [0.1, 0.15) is 4.99 Å². The van der Waals surface area contributed by atoms with Gasteiger partial charge >= 0.3 is 0 Å². The van der Waals surface area contributed by atoms with E-state index in [0.717, 1.165) is 23.7 Å². The minimum atomic E-state index is 0.490. The molecule has 0 saturated heterocycles. The van der Waals surface area contributed by atoms with Gasteiger partial charge in [0.05, 0.1) is 0 Å². The highest BCUT2D eigenvalue weighted by molar-refractivity contribution is 7.80. The second-order valence-corrected chi connectivity index (χ2v) is 5.50. The molecule has 0 bridgehead atoms. The predicted octanol–water partition coefficient (Wildman–Crippen LogP) is 2.87. The third-order valence-corrected chi connectivity index (χ3v) is 3.81. The Bertz CT molecular complexity index is 424. The summed E-state index contributed by atoms with van der Waals surface area (Å²) in [6.45, 7) is 3.18. The van der Waals surface area contributed by atoms with E-state index in [9.17, 15) is 0 Å². The molecule has 1 aliphatic rings. The fraction of sp³-hybridized carbons (Fsp3) is 0.500. The average molecular weight is 248 g/mol.